The summed E-state index contributed by atoms with van der Waals surface area (Å²) in [5.74, 6) is -0.271. The Hall–Kier alpha value is -1.75. The van der Waals surface area contributed by atoms with Crippen molar-refractivity contribution in [2.24, 2.45) is 0 Å². The predicted molar refractivity (Wildman–Crippen MR) is 78.2 cm³/mol. The minimum absolute atomic E-state index is 0.0954. The Morgan fingerprint density at radius 2 is 1.95 bits per heavy atom. The van der Waals surface area contributed by atoms with Crippen molar-refractivity contribution in [2.75, 3.05) is 13.7 Å². The standard InChI is InChI=1S/C14H19ClN2O3/c1-14(2,3)17-12(18)8-16-13(19)10-6-5-9(15)7-11(10)20-4/h5-7H,8H2,1-4H3,(H,16,19)(H,17,18). The number of carbonyl (C=O) groups is 2. The van der Waals surface area contributed by atoms with Crippen molar-refractivity contribution in [3.05, 3.63) is 28.8 Å². The van der Waals surface area contributed by atoms with E-state index < -0.39 is 0 Å². The molecule has 0 fully saturated rings. The van der Waals surface area contributed by atoms with Gasteiger partial charge in [-0.05, 0) is 39.0 Å². The van der Waals surface area contributed by atoms with Gasteiger partial charge in [0.05, 0.1) is 19.2 Å². The van der Waals surface area contributed by atoms with Gasteiger partial charge in [0.15, 0.2) is 0 Å². The molecule has 0 saturated carbocycles. The fraction of sp³-hybridized carbons (Fsp3) is 0.429. The van der Waals surface area contributed by atoms with Crippen LogP contribution >= 0.6 is 11.6 Å². The normalized spacial score (nSPS) is 10.8. The molecule has 110 valence electrons. The van der Waals surface area contributed by atoms with Crippen LogP contribution in [0.4, 0.5) is 0 Å². The van der Waals surface area contributed by atoms with Crippen LogP contribution in [0.1, 0.15) is 31.1 Å². The smallest absolute Gasteiger partial charge is 0.255 e. The second kappa shape index (κ2) is 6.61. The number of ether oxygens (including phenoxy) is 1. The van der Waals surface area contributed by atoms with Crippen molar-refractivity contribution in [1.82, 2.24) is 10.6 Å². The Kier molecular flexibility index (Phi) is 5.39. The van der Waals surface area contributed by atoms with E-state index in [4.69, 9.17) is 16.3 Å². The molecule has 0 radical (unpaired) electrons. The molecule has 0 aliphatic rings. The van der Waals surface area contributed by atoms with E-state index in [0.29, 0.717) is 16.3 Å². The Morgan fingerprint density at radius 1 is 1.30 bits per heavy atom. The van der Waals surface area contributed by atoms with E-state index in [-0.39, 0.29) is 23.9 Å². The zero-order valence-electron chi connectivity index (χ0n) is 12.0. The summed E-state index contributed by atoms with van der Waals surface area (Å²) >= 11 is 5.82. The van der Waals surface area contributed by atoms with Gasteiger partial charge in [-0.3, -0.25) is 9.59 Å². The third-order valence-corrected chi connectivity index (χ3v) is 2.57. The van der Waals surface area contributed by atoms with Crippen LogP contribution in [0, 0.1) is 0 Å². The van der Waals surface area contributed by atoms with Gasteiger partial charge >= 0.3 is 0 Å². The van der Waals surface area contributed by atoms with Gasteiger partial charge in [-0.25, -0.2) is 0 Å². The number of benzene rings is 1. The van der Waals surface area contributed by atoms with Gasteiger partial charge in [0.25, 0.3) is 5.91 Å². The van der Waals surface area contributed by atoms with Gasteiger partial charge in [0.1, 0.15) is 5.75 Å². The Balaban J connectivity index is 2.66. The molecule has 0 aliphatic carbocycles. The van der Waals surface area contributed by atoms with Crippen molar-refractivity contribution in [3.63, 3.8) is 0 Å². The highest BCUT2D eigenvalue weighted by Gasteiger charge is 2.16. The SMILES string of the molecule is COc1cc(Cl)ccc1C(=O)NCC(=O)NC(C)(C)C. The van der Waals surface area contributed by atoms with Gasteiger partial charge in [-0.2, -0.15) is 0 Å². The molecule has 6 heteroatoms. The Morgan fingerprint density at radius 3 is 2.50 bits per heavy atom. The molecule has 1 aromatic rings. The van der Waals surface area contributed by atoms with Crippen molar-refractivity contribution < 1.29 is 14.3 Å². The zero-order valence-corrected chi connectivity index (χ0v) is 12.8. The molecule has 5 nitrogen and oxygen atoms in total. The van der Waals surface area contributed by atoms with Crippen LogP contribution < -0.4 is 15.4 Å². The highest BCUT2D eigenvalue weighted by Crippen LogP contribution is 2.22. The maximum absolute atomic E-state index is 12.0. The van der Waals surface area contributed by atoms with Crippen LogP contribution in [-0.4, -0.2) is 31.0 Å². The third-order valence-electron chi connectivity index (χ3n) is 2.33. The largest absolute Gasteiger partial charge is 0.496 e. The number of rotatable bonds is 4. The molecule has 0 aromatic heterocycles. The van der Waals surface area contributed by atoms with Crippen LogP contribution in [0.2, 0.25) is 5.02 Å². The molecule has 1 rings (SSSR count). The van der Waals surface area contributed by atoms with Gasteiger partial charge in [-0.15, -0.1) is 0 Å². The fourth-order valence-electron chi connectivity index (χ4n) is 1.57. The summed E-state index contributed by atoms with van der Waals surface area (Å²) in [4.78, 5) is 23.6. The first-order chi connectivity index (χ1) is 9.23. The summed E-state index contributed by atoms with van der Waals surface area (Å²) in [5, 5.41) is 5.77. The van der Waals surface area contributed by atoms with Crippen molar-refractivity contribution >= 4 is 23.4 Å². The van der Waals surface area contributed by atoms with Crippen molar-refractivity contribution in [3.8, 4) is 5.75 Å². The lowest BCUT2D eigenvalue weighted by Gasteiger charge is -2.20. The van der Waals surface area contributed by atoms with E-state index in [1.54, 1.807) is 18.2 Å². The van der Waals surface area contributed by atoms with Gasteiger partial charge in [-0.1, -0.05) is 11.6 Å². The summed E-state index contributed by atoms with van der Waals surface area (Å²) < 4.78 is 5.09. The number of halogens is 1. The molecule has 0 saturated heterocycles. The number of nitrogens with one attached hydrogen (secondary N) is 2. The van der Waals surface area contributed by atoms with Crippen LogP contribution in [0.5, 0.6) is 5.75 Å². The van der Waals surface area contributed by atoms with Crippen LogP contribution in [-0.2, 0) is 4.79 Å². The summed E-state index contributed by atoms with van der Waals surface area (Å²) in [6.07, 6.45) is 0. The molecule has 2 N–H and O–H groups in total. The molecule has 20 heavy (non-hydrogen) atoms. The van der Waals surface area contributed by atoms with Crippen LogP contribution in [0.3, 0.4) is 0 Å². The molecule has 0 bridgehead atoms. The maximum atomic E-state index is 12.0. The molecule has 0 spiro atoms. The number of amides is 2. The maximum Gasteiger partial charge on any atom is 0.255 e. The summed E-state index contributed by atoms with van der Waals surface area (Å²) in [5.41, 5.74) is 0.000200. The van der Waals surface area contributed by atoms with Gasteiger partial charge in [0.2, 0.25) is 5.91 Å². The molecule has 2 amide bonds. The van der Waals surface area contributed by atoms with Gasteiger partial charge < -0.3 is 15.4 Å². The molecular weight excluding hydrogens is 280 g/mol. The molecule has 0 aliphatic heterocycles. The van der Waals surface area contributed by atoms with E-state index in [9.17, 15) is 9.59 Å². The second-order valence-electron chi connectivity index (χ2n) is 5.33. The molecule has 1 aromatic carbocycles. The quantitative estimate of drug-likeness (QED) is 0.893. The van der Waals surface area contributed by atoms with Crippen molar-refractivity contribution in [2.45, 2.75) is 26.3 Å². The monoisotopic (exact) mass is 298 g/mol. The first kappa shape index (κ1) is 16.3. The molecular formula is C14H19ClN2O3. The second-order valence-corrected chi connectivity index (χ2v) is 5.76. The minimum Gasteiger partial charge on any atom is -0.496 e. The molecule has 0 atom stereocenters. The Labute approximate surface area is 123 Å². The summed E-state index contributed by atoms with van der Waals surface area (Å²) in [6, 6.07) is 4.69. The number of hydrogen-bond donors (Lipinski definition) is 2. The van der Waals surface area contributed by atoms with Crippen LogP contribution in [0.15, 0.2) is 18.2 Å². The first-order valence-corrected chi connectivity index (χ1v) is 6.53. The summed E-state index contributed by atoms with van der Waals surface area (Å²) in [7, 11) is 1.45. The number of hydrogen-bond acceptors (Lipinski definition) is 3. The van der Waals surface area contributed by atoms with Gasteiger partial charge in [0, 0.05) is 10.6 Å². The Bertz CT molecular complexity index is 510. The van der Waals surface area contributed by atoms with E-state index >= 15 is 0 Å². The lowest BCUT2D eigenvalue weighted by molar-refractivity contribution is -0.121. The van der Waals surface area contributed by atoms with Crippen LogP contribution in [0.25, 0.3) is 0 Å². The van der Waals surface area contributed by atoms with E-state index in [2.05, 4.69) is 10.6 Å². The lowest BCUT2D eigenvalue weighted by Crippen LogP contribution is -2.45. The summed E-state index contributed by atoms with van der Waals surface area (Å²) in [6.45, 7) is 5.51. The first-order valence-electron chi connectivity index (χ1n) is 6.15. The average molecular weight is 299 g/mol. The highest BCUT2D eigenvalue weighted by molar-refractivity contribution is 6.30. The fourth-order valence-corrected chi connectivity index (χ4v) is 1.73. The molecule has 0 unspecified atom stereocenters. The topological polar surface area (TPSA) is 67.4 Å². The van der Waals surface area contributed by atoms with Crippen molar-refractivity contribution in [1.29, 1.82) is 0 Å². The average Bonchev–Trinajstić information content (AvgIpc) is 2.33. The number of carbonyl (C=O) groups excluding carboxylic acids is 2. The van der Waals surface area contributed by atoms with E-state index in [1.165, 1.54) is 7.11 Å². The van der Waals surface area contributed by atoms with E-state index in [0.717, 1.165) is 0 Å². The molecule has 0 heterocycles. The number of methoxy groups -OCH3 is 1. The minimum atomic E-state index is -0.387. The predicted octanol–water partition coefficient (Wildman–Crippen LogP) is 1.99. The third kappa shape index (κ3) is 5.09. The zero-order chi connectivity index (χ0) is 15.3. The van der Waals surface area contributed by atoms with E-state index in [1.807, 2.05) is 20.8 Å². The lowest BCUT2D eigenvalue weighted by atomic mass is 10.1. The highest BCUT2D eigenvalue weighted by atomic mass is 35.5.